The summed E-state index contributed by atoms with van der Waals surface area (Å²) in [6.07, 6.45) is 1.56. The third-order valence-electron chi connectivity index (χ3n) is 4.45. The summed E-state index contributed by atoms with van der Waals surface area (Å²) in [5.74, 6) is -0.655. The number of hydrogen-bond acceptors (Lipinski definition) is 4. The summed E-state index contributed by atoms with van der Waals surface area (Å²) < 4.78 is 2.81. The fraction of sp³-hybridized carbons (Fsp3) is 0. The van der Waals surface area contributed by atoms with Gasteiger partial charge in [0.1, 0.15) is 4.88 Å². The molecule has 0 saturated heterocycles. The highest BCUT2D eigenvalue weighted by molar-refractivity contribution is 9.10. The lowest BCUT2D eigenvalue weighted by atomic mass is 10.2. The third-order valence-corrected chi connectivity index (χ3v) is 7.13. The van der Waals surface area contributed by atoms with Gasteiger partial charge in [-0.15, -0.1) is 11.3 Å². The average molecular weight is 592 g/mol. The molecular weight excluding hydrogens is 578 g/mol. The maximum absolute atomic E-state index is 12.7. The zero-order valence-electron chi connectivity index (χ0n) is 16.2. The molecule has 0 saturated carbocycles. The minimum atomic E-state index is -0.352. The molecule has 0 spiro atoms. The molecule has 3 aromatic carbocycles. The lowest BCUT2D eigenvalue weighted by Gasteiger charge is -2.05. The molecule has 4 aromatic rings. The summed E-state index contributed by atoms with van der Waals surface area (Å²) in [6, 6.07) is 19.8. The van der Waals surface area contributed by atoms with E-state index in [0.29, 0.717) is 21.2 Å². The maximum atomic E-state index is 12.7. The quantitative estimate of drug-likeness (QED) is 0.192. The zero-order chi connectivity index (χ0) is 22.7. The number of hydrogen-bond donors (Lipinski definition) is 2. The SMILES string of the molecule is O=C(N/N=C\c1ccc(Br)cc1)c1ccc(NC(=O)c2sc3cc(Br)ccc3c2Cl)cc1. The Kier molecular flexibility index (Phi) is 7.05. The van der Waals surface area contributed by atoms with E-state index in [9.17, 15) is 9.59 Å². The summed E-state index contributed by atoms with van der Waals surface area (Å²) in [7, 11) is 0. The molecule has 0 aliphatic heterocycles. The number of thiophene rings is 1. The fourth-order valence-electron chi connectivity index (χ4n) is 2.86. The summed E-state index contributed by atoms with van der Waals surface area (Å²) >= 11 is 14.5. The molecule has 2 N–H and O–H groups in total. The molecule has 1 heterocycles. The Morgan fingerprint density at radius 1 is 0.906 bits per heavy atom. The van der Waals surface area contributed by atoms with Crippen LogP contribution in [0.2, 0.25) is 5.02 Å². The first-order chi connectivity index (χ1) is 15.4. The van der Waals surface area contributed by atoms with Crippen molar-refractivity contribution < 1.29 is 9.59 Å². The summed E-state index contributed by atoms with van der Waals surface area (Å²) in [6.45, 7) is 0. The molecule has 0 aliphatic rings. The summed E-state index contributed by atoms with van der Waals surface area (Å²) in [5.41, 5.74) is 4.32. The monoisotopic (exact) mass is 589 g/mol. The Hall–Kier alpha value is -2.52. The predicted octanol–water partition coefficient (Wildman–Crippen LogP) is 7.10. The lowest BCUT2D eigenvalue weighted by Crippen LogP contribution is -2.17. The van der Waals surface area contributed by atoms with Crippen molar-refractivity contribution in [2.24, 2.45) is 5.10 Å². The normalized spacial score (nSPS) is 11.1. The van der Waals surface area contributed by atoms with Crippen molar-refractivity contribution in [2.45, 2.75) is 0 Å². The minimum Gasteiger partial charge on any atom is -0.321 e. The standard InChI is InChI=1S/C23H14Br2ClN3O2S/c24-15-5-1-13(2-6-15)12-27-29-22(30)14-3-8-17(9-4-14)28-23(31)21-20(26)18-10-7-16(25)11-19(18)32-21/h1-12H,(H,28,31)(H,29,30)/b27-12-. The molecule has 9 heteroatoms. The van der Waals surface area contributed by atoms with Crippen LogP contribution >= 0.6 is 54.8 Å². The molecular formula is C23H14Br2ClN3O2S. The molecule has 0 aliphatic carbocycles. The second-order valence-electron chi connectivity index (χ2n) is 6.67. The van der Waals surface area contributed by atoms with Crippen molar-refractivity contribution in [3.63, 3.8) is 0 Å². The van der Waals surface area contributed by atoms with Crippen molar-refractivity contribution in [3.8, 4) is 0 Å². The van der Waals surface area contributed by atoms with E-state index in [4.69, 9.17) is 11.6 Å². The predicted molar refractivity (Wildman–Crippen MR) is 138 cm³/mol. The molecule has 0 fully saturated rings. The van der Waals surface area contributed by atoms with Crippen LogP contribution in [-0.2, 0) is 0 Å². The number of benzene rings is 3. The van der Waals surface area contributed by atoms with Gasteiger partial charge in [-0.1, -0.05) is 61.7 Å². The average Bonchev–Trinajstić information content (AvgIpc) is 3.11. The zero-order valence-corrected chi connectivity index (χ0v) is 21.0. The van der Waals surface area contributed by atoms with Gasteiger partial charge in [0.15, 0.2) is 0 Å². The lowest BCUT2D eigenvalue weighted by molar-refractivity contribution is 0.0954. The van der Waals surface area contributed by atoms with Crippen molar-refractivity contribution in [3.05, 3.63) is 96.7 Å². The van der Waals surface area contributed by atoms with E-state index < -0.39 is 0 Å². The minimum absolute atomic E-state index is 0.302. The number of nitrogens with one attached hydrogen (secondary N) is 2. The van der Waals surface area contributed by atoms with Gasteiger partial charge in [-0.05, 0) is 54.1 Å². The Labute approximate surface area is 209 Å². The Morgan fingerprint density at radius 3 is 2.31 bits per heavy atom. The van der Waals surface area contributed by atoms with E-state index >= 15 is 0 Å². The van der Waals surface area contributed by atoms with E-state index in [1.54, 1.807) is 30.5 Å². The van der Waals surface area contributed by atoms with Gasteiger partial charge in [0.05, 0.1) is 11.2 Å². The van der Waals surface area contributed by atoms with Gasteiger partial charge in [0.2, 0.25) is 0 Å². The molecule has 0 atom stereocenters. The van der Waals surface area contributed by atoms with Crippen LogP contribution in [0.1, 0.15) is 25.6 Å². The van der Waals surface area contributed by atoms with Gasteiger partial charge in [-0.25, -0.2) is 5.43 Å². The first-order valence-corrected chi connectivity index (χ1v) is 12.1. The number of halogens is 3. The van der Waals surface area contributed by atoms with Gasteiger partial charge in [-0.3, -0.25) is 9.59 Å². The van der Waals surface area contributed by atoms with Crippen LogP contribution in [0, 0.1) is 0 Å². The number of nitrogens with zero attached hydrogens (tertiary/aromatic N) is 1. The highest BCUT2D eigenvalue weighted by Gasteiger charge is 2.17. The highest BCUT2D eigenvalue weighted by atomic mass is 79.9. The van der Waals surface area contributed by atoms with E-state index in [1.165, 1.54) is 11.3 Å². The fourth-order valence-corrected chi connectivity index (χ4v) is 5.09. The number of amides is 2. The Balaban J connectivity index is 1.40. The molecule has 0 unspecified atom stereocenters. The van der Waals surface area contributed by atoms with Crippen LogP contribution < -0.4 is 10.7 Å². The van der Waals surface area contributed by atoms with Crippen molar-refractivity contribution in [1.82, 2.24) is 5.43 Å². The van der Waals surface area contributed by atoms with Crippen molar-refractivity contribution in [2.75, 3.05) is 5.32 Å². The summed E-state index contributed by atoms with van der Waals surface area (Å²) in [5, 5.41) is 8.05. The van der Waals surface area contributed by atoms with Crippen LogP contribution in [0.3, 0.4) is 0 Å². The van der Waals surface area contributed by atoms with Crippen LogP contribution in [0.15, 0.2) is 80.8 Å². The first-order valence-electron chi connectivity index (χ1n) is 9.28. The van der Waals surface area contributed by atoms with Crippen LogP contribution in [0.25, 0.3) is 10.1 Å². The highest BCUT2D eigenvalue weighted by Crippen LogP contribution is 2.37. The smallest absolute Gasteiger partial charge is 0.271 e. The molecule has 160 valence electrons. The van der Waals surface area contributed by atoms with Gasteiger partial charge >= 0.3 is 0 Å². The molecule has 5 nitrogen and oxygen atoms in total. The topological polar surface area (TPSA) is 70.6 Å². The van der Waals surface area contributed by atoms with Gasteiger partial charge in [-0.2, -0.15) is 5.10 Å². The van der Waals surface area contributed by atoms with E-state index in [-0.39, 0.29) is 11.8 Å². The maximum Gasteiger partial charge on any atom is 0.271 e. The number of carbonyl (C=O) groups is 2. The van der Waals surface area contributed by atoms with E-state index in [1.807, 2.05) is 42.5 Å². The molecule has 1 aromatic heterocycles. The van der Waals surface area contributed by atoms with E-state index in [0.717, 1.165) is 24.6 Å². The molecule has 0 bridgehead atoms. The molecule has 0 radical (unpaired) electrons. The number of carbonyl (C=O) groups excluding carboxylic acids is 2. The third kappa shape index (κ3) is 5.27. The number of hydrazone groups is 1. The first kappa shape index (κ1) is 22.7. The number of fused-ring (bicyclic) bond motifs is 1. The van der Waals surface area contributed by atoms with Crippen LogP contribution in [0.4, 0.5) is 5.69 Å². The van der Waals surface area contributed by atoms with Crippen LogP contribution in [0.5, 0.6) is 0 Å². The van der Waals surface area contributed by atoms with Crippen molar-refractivity contribution in [1.29, 1.82) is 0 Å². The second-order valence-corrected chi connectivity index (χ2v) is 9.93. The Bertz CT molecular complexity index is 1340. The molecule has 2 amide bonds. The van der Waals surface area contributed by atoms with Gasteiger partial charge in [0.25, 0.3) is 11.8 Å². The number of anilines is 1. The summed E-state index contributed by atoms with van der Waals surface area (Å²) in [4.78, 5) is 25.4. The second kappa shape index (κ2) is 9.95. The molecule has 32 heavy (non-hydrogen) atoms. The van der Waals surface area contributed by atoms with Crippen molar-refractivity contribution >= 4 is 88.6 Å². The Morgan fingerprint density at radius 2 is 1.59 bits per heavy atom. The van der Waals surface area contributed by atoms with E-state index in [2.05, 4.69) is 47.7 Å². The van der Waals surface area contributed by atoms with Gasteiger partial charge in [0, 0.05) is 30.3 Å². The number of rotatable bonds is 5. The molecule has 4 rings (SSSR count). The van der Waals surface area contributed by atoms with Crippen LogP contribution in [-0.4, -0.2) is 18.0 Å². The largest absolute Gasteiger partial charge is 0.321 e. The van der Waals surface area contributed by atoms with Gasteiger partial charge < -0.3 is 5.32 Å².